The van der Waals surface area contributed by atoms with Crippen molar-refractivity contribution in [1.82, 2.24) is 4.31 Å². The van der Waals surface area contributed by atoms with Gasteiger partial charge in [-0.25, -0.2) is 8.42 Å². The van der Waals surface area contributed by atoms with E-state index < -0.39 is 10.0 Å². The Kier molecular flexibility index (Phi) is 6.84. The van der Waals surface area contributed by atoms with E-state index in [1.165, 1.54) is 0 Å². The van der Waals surface area contributed by atoms with Crippen molar-refractivity contribution in [2.45, 2.75) is 64.4 Å². The van der Waals surface area contributed by atoms with Crippen LogP contribution < -0.4 is 5.73 Å². The van der Waals surface area contributed by atoms with Crippen LogP contribution in [0.15, 0.2) is 23.1 Å². The highest BCUT2D eigenvalue weighted by Gasteiger charge is 2.29. The van der Waals surface area contributed by atoms with Gasteiger partial charge >= 0.3 is 0 Å². The summed E-state index contributed by atoms with van der Waals surface area (Å²) in [5, 5.41) is 0. The van der Waals surface area contributed by atoms with E-state index >= 15 is 0 Å². The molecule has 0 bridgehead atoms. The first-order valence-corrected chi connectivity index (χ1v) is 9.14. The Bertz CT molecular complexity index is 555. The largest absolute Gasteiger partial charge is 0.326 e. The van der Waals surface area contributed by atoms with Crippen LogP contribution in [0.1, 0.15) is 51.2 Å². The lowest BCUT2D eigenvalue weighted by Crippen LogP contribution is -2.39. The third-order valence-corrected chi connectivity index (χ3v) is 6.18. The summed E-state index contributed by atoms with van der Waals surface area (Å²) in [4.78, 5) is 0.391. The Balaban J connectivity index is 3.28. The van der Waals surface area contributed by atoms with Gasteiger partial charge in [-0.3, -0.25) is 0 Å². The smallest absolute Gasteiger partial charge is 0.243 e. The van der Waals surface area contributed by atoms with E-state index in [0.717, 1.165) is 30.4 Å². The average Bonchev–Trinajstić information content (AvgIpc) is 2.47. The molecule has 0 aliphatic heterocycles. The standard InChI is InChI=1S/C16H28N2O2S/c1-5-7-11-18(13(3)6-2)21(19,20)16-10-8-9-15(12-17)14(16)4/h8-10,13H,5-7,11-12,17H2,1-4H3. The Morgan fingerprint density at radius 2 is 1.95 bits per heavy atom. The molecule has 5 heteroatoms. The Morgan fingerprint density at radius 3 is 2.48 bits per heavy atom. The van der Waals surface area contributed by atoms with Crippen LogP contribution in [0.3, 0.4) is 0 Å². The van der Waals surface area contributed by atoms with E-state index in [2.05, 4.69) is 6.92 Å². The van der Waals surface area contributed by atoms with Crippen molar-refractivity contribution in [3.8, 4) is 0 Å². The van der Waals surface area contributed by atoms with Crippen molar-refractivity contribution in [2.75, 3.05) is 6.54 Å². The number of hydrogen-bond donors (Lipinski definition) is 1. The van der Waals surface area contributed by atoms with Gasteiger partial charge in [0.2, 0.25) is 10.0 Å². The summed E-state index contributed by atoms with van der Waals surface area (Å²) in [5.74, 6) is 0. The molecule has 1 aromatic rings. The second-order valence-corrected chi connectivity index (χ2v) is 7.33. The predicted molar refractivity (Wildman–Crippen MR) is 87.6 cm³/mol. The molecule has 1 aromatic carbocycles. The van der Waals surface area contributed by atoms with Gasteiger partial charge in [0.1, 0.15) is 0 Å². The molecule has 0 amide bonds. The van der Waals surface area contributed by atoms with Gasteiger partial charge < -0.3 is 5.73 Å². The van der Waals surface area contributed by atoms with Gasteiger partial charge in [-0.1, -0.05) is 32.4 Å². The molecular weight excluding hydrogens is 284 g/mol. The molecule has 21 heavy (non-hydrogen) atoms. The molecule has 1 atom stereocenters. The monoisotopic (exact) mass is 312 g/mol. The van der Waals surface area contributed by atoms with Crippen LogP contribution in [0.2, 0.25) is 0 Å². The van der Waals surface area contributed by atoms with Gasteiger partial charge in [0.15, 0.2) is 0 Å². The zero-order valence-corrected chi connectivity index (χ0v) is 14.4. The summed E-state index contributed by atoms with van der Waals surface area (Å²) < 4.78 is 27.7. The number of nitrogens with zero attached hydrogens (tertiary/aromatic N) is 1. The van der Waals surface area contributed by atoms with Crippen molar-refractivity contribution >= 4 is 10.0 Å². The van der Waals surface area contributed by atoms with E-state index in [1.807, 2.05) is 26.8 Å². The molecule has 1 rings (SSSR count). The van der Waals surface area contributed by atoms with Gasteiger partial charge in [0.05, 0.1) is 4.90 Å². The fourth-order valence-electron chi connectivity index (χ4n) is 2.38. The molecule has 0 aliphatic rings. The molecule has 0 radical (unpaired) electrons. The summed E-state index contributed by atoms with van der Waals surface area (Å²) in [7, 11) is -3.47. The van der Waals surface area contributed by atoms with E-state index in [9.17, 15) is 8.42 Å². The molecule has 1 unspecified atom stereocenters. The summed E-state index contributed by atoms with van der Waals surface area (Å²) in [6, 6.07) is 5.35. The molecule has 120 valence electrons. The highest BCUT2D eigenvalue weighted by molar-refractivity contribution is 7.89. The number of benzene rings is 1. The summed E-state index contributed by atoms with van der Waals surface area (Å²) in [5.41, 5.74) is 7.35. The molecule has 0 heterocycles. The average molecular weight is 312 g/mol. The molecule has 0 saturated carbocycles. The van der Waals surface area contributed by atoms with Gasteiger partial charge in [0, 0.05) is 19.1 Å². The van der Waals surface area contributed by atoms with Gasteiger partial charge in [0.25, 0.3) is 0 Å². The fraction of sp³-hybridized carbons (Fsp3) is 0.625. The summed E-state index contributed by atoms with van der Waals surface area (Å²) in [6.45, 7) is 8.82. The third kappa shape index (κ3) is 4.05. The molecule has 0 saturated heterocycles. The van der Waals surface area contributed by atoms with Crippen LogP contribution >= 0.6 is 0 Å². The van der Waals surface area contributed by atoms with Gasteiger partial charge in [-0.15, -0.1) is 0 Å². The Morgan fingerprint density at radius 1 is 1.29 bits per heavy atom. The summed E-state index contributed by atoms with van der Waals surface area (Å²) >= 11 is 0. The molecule has 0 fully saturated rings. The van der Waals surface area contributed by atoms with Crippen LogP contribution in [0, 0.1) is 6.92 Å². The number of rotatable bonds is 8. The molecule has 0 aliphatic carbocycles. The Labute approximate surface area is 129 Å². The van der Waals surface area contributed by atoms with E-state index in [4.69, 9.17) is 5.73 Å². The summed E-state index contributed by atoms with van der Waals surface area (Å²) in [6.07, 6.45) is 2.65. The van der Waals surface area contributed by atoms with Crippen molar-refractivity contribution < 1.29 is 8.42 Å². The maximum Gasteiger partial charge on any atom is 0.243 e. The zero-order chi connectivity index (χ0) is 16.0. The lowest BCUT2D eigenvalue weighted by molar-refractivity contribution is 0.324. The minimum Gasteiger partial charge on any atom is -0.326 e. The van der Waals surface area contributed by atoms with Gasteiger partial charge in [-0.05, 0) is 43.9 Å². The highest BCUT2D eigenvalue weighted by Crippen LogP contribution is 2.25. The third-order valence-electron chi connectivity index (χ3n) is 4.02. The van der Waals surface area contributed by atoms with Crippen LogP contribution in [0.4, 0.5) is 0 Å². The minimum atomic E-state index is -3.47. The van der Waals surface area contributed by atoms with Gasteiger partial charge in [-0.2, -0.15) is 4.31 Å². The van der Waals surface area contributed by atoms with Crippen LogP contribution in [-0.4, -0.2) is 25.3 Å². The van der Waals surface area contributed by atoms with E-state index in [1.54, 1.807) is 16.4 Å². The maximum absolute atomic E-state index is 13.0. The second kappa shape index (κ2) is 7.92. The van der Waals surface area contributed by atoms with Crippen molar-refractivity contribution in [3.05, 3.63) is 29.3 Å². The van der Waals surface area contributed by atoms with Crippen LogP contribution in [-0.2, 0) is 16.6 Å². The first kappa shape index (κ1) is 18.1. The number of unbranched alkanes of at least 4 members (excludes halogenated alkanes) is 1. The molecule has 0 aromatic heterocycles. The minimum absolute atomic E-state index is 0.00230. The predicted octanol–water partition coefficient (Wildman–Crippen LogP) is 3.04. The maximum atomic E-state index is 13.0. The SMILES string of the molecule is CCCCN(C(C)CC)S(=O)(=O)c1cccc(CN)c1C. The zero-order valence-electron chi connectivity index (χ0n) is 13.6. The van der Waals surface area contributed by atoms with Crippen molar-refractivity contribution in [2.24, 2.45) is 5.73 Å². The van der Waals surface area contributed by atoms with Crippen LogP contribution in [0.5, 0.6) is 0 Å². The lowest BCUT2D eigenvalue weighted by atomic mass is 10.1. The van der Waals surface area contributed by atoms with E-state index in [0.29, 0.717) is 18.0 Å². The molecule has 0 spiro atoms. The van der Waals surface area contributed by atoms with Crippen molar-refractivity contribution in [3.63, 3.8) is 0 Å². The highest BCUT2D eigenvalue weighted by atomic mass is 32.2. The molecular formula is C16H28N2O2S. The molecule has 2 N–H and O–H groups in total. The first-order valence-electron chi connectivity index (χ1n) is 7.70. The first-order chi connectivity index (χ1) is 9.89. The van der Waals surface area contributed by atoms with Crippen LogP contribution in [0.25, 0.3) is 0 Å². The number of nitrogens with two attached hydrogens (primary N) is 1. The molecule has 4 nitrogen and oxygen atoms in total. The quantitative estimate of drug-likeness (QED) is 0.802. The Hall–Kier alpha value is -0.910. The number of sulfonamides is 1. The number of hydrogen-bond acceptors (Lipinski definition) is 3. The second-order valence-electron chi connectivity index (χ2n) is 5.47. The van der Waals surface area contributed by atoms with Crippen molar-refractivity contribution in [1.29, 1.82) is 0 Å². The normalized spacial score (nSPS) is 13.6. The van der Waals surface area contributed by atoms with E-state index in [-0.39, 0.29) is 6.04 Å². The lowest BCUT2D eigenvalue weighted by Gasteiger charge is -2.28. The topological polar surface area (TPSA) is 63.4 Å². The fourth-order valence-corrected chi connectivity index (χ4v) is 4.40.